The Bertz CT molecular complexity index is 686. The van der Waals surface area contributed by atoms with E-state index in [0.717, 1.165) is 16.5 Å². The Morgan fingerprint density at radius 1 is 1.13 bits per heavy atom. The van der Waals surface area contributed by atoms with Crippen LogP contribution in [0.25, 0.3) is 0 Å². The van der Waals surface area contributed by atoms with Gasteiger partial charge < -0.3 is 15.4 Å². The molecule has 0 aliphatic heterocycles. The van der Waals surface area contributed by atoms with Gasteiger partial charge in [-0.3, -0.25) is 4.79 Å². The zero-order valence-corrected chi connectivity index (χ0v) is 14.2. The van der Waals surface area contributed by atoms with Gasteiger partial charge in [-0.1, -0.05) is 34.1 Å². The standard InChI is InChI=1S/C17H17BrN2O3/c1-12(21)23-16-4-2-3-15(11-16)20-17(22)19-10-9-13-5-7-14(18)8-6-13/h2-8,11H,9-10H2,1H3,(H2,19,20,22). The topological polar surface area (TPSA) is 67.4 Å². The summed E-state index contributed by atoms with van der Waals surface area (Å²) in [6, 6.07) is 14.3. The highest BCUT2D eigenvalue weighted by molar-refractivity contribution is 9.10. The van der Waals surface area contributed by atoms with E-state index in [9.17, 15) is 9.59 Å². The highest BCUT2D eigenvalue weighted by atomic mass is 79.9. The average molecular weight is 377 g/mol. The van der Waals surface area contributed by atoms with Gasteiger partial charge in [0, 0.05) is 29.7 Å². The number of rotatable bonds is 5. The number of anilines is 1. The van der Waals surface area contributed by atoms with Crippen molar-refractivity contribution in [2.75, 3.05) is 11.9 Å². The van der Waals surface area contributed by atoms with Crippen LogP contribution in [0.2, 0.25) is 0 Å². The van der Waals surface area contributed by atoms with Crippen LogP contribution >= 0.6 is 15.9 Å². The summed E-state index contributed by atoms with van der Waals surface area (Å²) < 4.78 is 6.00. The lowest BCUT2D eigenvalue weighted by Crippen LogP contribution is -2.30. The van der Waals surface area contributed by atoms with Crippen molar-refractivity contribution in [3.8, 4) is 5.75 Å². The molecule has 0 bridgehead atoms. The van der Waals surface area contributed by atoms with Crippen LogP contribution in [-0.4, -0.2) is 18.5 Å². The van der Waals surface area contributed by atoms with Gasteiger partial charge in [-0.15, -0.1) is 0 Å². The summed E-state index contributed by atoms with van der Waals surface area (Å²) in [6.45, 7) is 1.85. The molecule has 0 unspecified atom stereocenters. The molecule has 0 spiro atoms. The second kappa shape index (κ2) is 8.33. The number of hydrogen-bond acceptors (Lipinski definition) is 3. The average Bonchev–Trinajstić information content (AvgIpc) is 2.49. The van der Waals surface area contributed by atoms with Gasteiger partial charge in [0.1, 0.15) is 5.75 Å². The summed E-state index contributed by atoms with van der Waals surface area (Å²) in [5, 5.41) is 5.49. The van der Waals surface area contributed by atoms with Crippen molar-refractivity contribution >= 4 is 33.6 Å². The molecule has 2 amide bonds. The number of urea groups is 1. The van der Waals surface area contributed by atoms with E-state index in [1.807, 2.05) is 24.3 Å². The number of nitrogens with one attached hydrogen (secondary N) is 2. The first-order chi connectivity index (χ1) is 11.0. The monoisotopic (exact) mass is 376 g/mol. The lowest BCUT2D eigenvalue weighted by Gasteiger charge is -2.09. The van der Waals surface area contributed by atoms with Gasteiger partial charge in [-0.25, -0.2) is 4.79 Å². The van der Waals surface area contributed by atoms with Gasteiger partial charge in [0.05, 0.1) is 0 Å². The number of esters is 1. The van der Waals surface area contributed by atoms with Crippen LogP contribution in [0, 0.1) is 0 Å². The summed E-state index contributed by atoms with van der Waals surface area (Å²) in [5.74, 6) is -0.00809. The van der Waals surface area contributed by atoms with Crippen LogP contribution in [0.4, 0.5) is 10.5 Å². The van der Waals surface area contributed by atoms with Crippen LogP contribution < -0.4 is 15.4 Å². The van der Waals surface area contributed by atoms with Crippen molar-refractivity contribution in [2.24, 2.45) is 0 Å². The summed E-state index contributed by atoms with van der Waals surface area (Å²) in [7, 11) is 0. The lowest BCUT2D eigenvalue weighted by molar-refractivity contribution is -0.131. The van der Waals surface area contributed by atoms with E-state index >= 15 is 0 Å². The van der Waals surface area contributed by atoms with Crippen molar-refractivity contribution in [1.82, 2.24) is 5.32 Å². The van der Waals surface area contributed by atoms with E-state index in [1.165, 1.54) is 6.92 Å². The van der Waals surface area contributed by atoms with E-state index < -0.39 is 5.97 Å². The zero-order valence-electron chi connectivity index (χ0n) is 12.6. The minimum Gasteiger partial charge on any atom is -0.427 e. The molecule has 6 heteroatoms. The van der Waals surface area contributed by atoms with Crippen LogP contribution in [-0.2, 0) is 11.2 Å². The van der Waals surface area contributed by atoms with Gasteiger partial charge >= 0.3 is 12.0 Å². The Balaban J connectivity index is 1.80. The predicted octanol–water partition coefficient (Wildman–Crippen LogP) is 3.74. The second-order valence-electron chi connectivity index (χ2n) is 4.88. The van der Waals surface area contributed by atoms with E-state index in [-0.39, 0.29) is 6.03 Å². The maximum Gasteiger partial charge on any atom is 0.319 e. The number of carbonyl (C=O) groups is 2. The Hall–Kier alpha value is -2.34. The Morgan fingerprint density at radius 2 is 1.87 bits per heavy atom. The highest BCUT2D eigenvalue weighted by Crippen LogP contribution is 2.17. The van der Waals surface area contributed by atoms with E-state index in [4.69, 9.17) is 4.74 Å². The van der Waals surface area contributed by atoms with Crippen molar-refractivity contribution in [3.05, 3.63) is 58.6 Å². The molecule has 0 aliphatic rings. The fourth-order valence-corrected chi connectivity index (χ4v) is 2.21. The quantitative estimate of drug-likeness (QED) is 0.616. The summed E-state index contributed by atoms with van der Waals surface area (Å²) in [6.07, 6.45) is 0.744. The maximum atomic E-state index is 11.9. The summed E-state index contributed by atoms with van der Waals surface area (Å²) >= 11 is 3.38. The number of carbonyl (C=O) groups excluding carboxylic acids is 2. The van der Waals surface area contributed by atoms with E-state index in [2.05, 4.69) is 26.6 Å². The molecule has 120 valence electrons. The second-order valence-corrected chi connectivity index (χ2v) is 5.79. The molecular formula is C17H17BrN2O3. The van der Waals surface area contributed by atoms with Crippen molar-refractivity contribution in [1.29, 1.82) is 0 Å². The first-order valence-electron chi connectivity index (χ1n) is 7.11. The first kappa shape index (κ1) is 17.0. The molecule has 2 N–H and O–H groups in total. The van der Waals surface area contributed by atoms with E-state index in [1.54, 1.807) is 24.3 Å². The zero-order chi connectivity index (χ0) is 16.7. The van der Waals surface area contributed by atoms with Crippen LogP contribution in [0.5, 0.6) is 5.75 Å². The van der Waals surface area contributed by atoms with Crippen molar-refractivity contribution in [2.45, 2.75) is 13.3 Å². The predicted molar refractivity (Wildman–Crippen MR) is 92.6 cm³/mol. The number of ether oxygens (including phenoxy) is 1. The van der Waals surface area contributed by atoms with Crippen LogP contribution in [0.1, 0.15) is 12.5 Å². The Labute approximate surface area is 143 Å². The van der Waals surface area contributed by atoms with Crippen molar-refractivity contribution < 1.29 is 14.3 Å². The lowest BCUT2D eigenvalue weighted by atomic mass is 10.1. The van der Waals surface area contributed by atoms with Gasteiger partial charge in [-0.2, -0.15) is 0 Å². The molecule has 2 rings (SSSR count). The Morgan fingerprint density at radius 3 is 2.57 bits per heavy atom. The molecule has 0 radical (unpaired) electrons. The molecule has 5 nitrogen and oxygen atoms in total. The summed E-state index contributed by atoms with van der Waals surface area (Å²) in [5.41, 5.74) is 1.70. The molecule has 0 aliphatic carbocycles. The van der Waals surface area contributed by atoms with Crippen LogP contribution in [0.3, 0.4) is 0 Å². The highest BCUT2D eigenvalue weighted by Gasteiger charge is 2.04. The third-order valence-corrected chi connectivity index (χ3v) is 3.49. The number of halogens is 1. The molecule has 2 aromatic carbocycles. The maximum absolute atomic E-state index is 11.9. The number of amides is 2. The molecule has 0 fully saturated rings. The van der Waals surface area contributed by atoms with Gasteiger partial charge in [0.2, 0.25) is 0 Å². The molecule has 23 heavy (non-hydrogen) atoms. The molecule has 0 aromatic heterocycles. The normalized spacial score (nSPS) is 10.0. The minimum atomic E-state index is -0.402. The molecule has 0 atom stereocenters. The fourth-order valence-electron chi connectivity index (χ4n) is 1.95. The molecule has 2 aromatic rings. The largest absolute Gasteiger partial charge is 0.427 e. The molecular weight excluding hydrogens is 360 g/mol. The van der Waals surface area contributed by atoms with Gasteiger partial charge in [0.25, 0.3) is 0 Å². The SMILES string of the molecule is CC(=O)Oc1cccc(NC(=O)NCCc2ccc(Br)cc2)c1. The third-order valence-electron chi connectivity index (χ3n) is 2.97. The molecule has 0 heterocycles. The minimum absolute atomic E-state index is 0.304. The Kier molecular flexibility index (Phi) is 6.17. The third kappa shape index (κ3) is 6.12. The van der Waals surface area contributed by atoms with Gasteiger partial charge in [0.15, 0.2) is 0 Å². The summed E-state index contributed by atoms with van der Waals surface area (Å²) in [4.78, 5) is 22.8. The molecule has 0 saturated carbocycles. The number of benzene rings is 2. The van der Waals surface area contributed by atoms with Crippen LogP contribution in [0.15, 0.2) is 53.0 Å². The fraction of sp³-hybridized carbons (Fsp3) is 0.176. The van der Waals surface area contributed by atoms with E-state index in [0.29, 0.717) is 18.0 Å². The molecule has 0 saturated heterocycles. The van der Waals surface area contributed by atoms with Gasteiger partial charge in [-0.05, 0) is 36.2 Å². The smallest absolute Gasteiger partial charge is 0.319 e. The first-order valence-corrected chi connectivity index (χ1v) is 7.90. The van der Waals surface area contributed by atoms with Crippen molar-refractivity contribution in [3.63, 3.8) is 0 Å². The number of hydrogen-bond donors (Lipinski definition) is 2.